The summed E-state index contributed by atoms with van der Waals surface area (Å²) in [6, 6.07) is 10.4. The van der Waals surface area contributed by atoms with Crippen LogP contribution in [0, 0.1) is 11.7 Å². The molecule has 12 heteroatoms. The van der Waals surface area contributed by atoms with Crippen molar-refractivity contribution in [1.29, 1.82) is 0 Å². The van der Waals surface area contributed by atoms with Crippen LogP contribution in [0.4, 0.5) is 18.3 Å². The number of alkyl halides is 2. The van der Waals surface area contributed by atoms with Gasteiger partial charge in [0, 0.05) is 47.6 Å². The second-order valence-corrected chi connectivity index (χ2v) is 11.2. The third kappa shape index (κ3) is 5.25. The van der Waals surface area contributed by atoms with Gasteiger partial charge in [0.1, 0.15) is 17.9 Å². The number of sulfonamides is 1. The van der Waals surface area contributed by atoms with Gasteiger partial charge < -0.3 is 4.74 Å². The van der Waals surface area contributed by atoms with E-state index in [9.17, 15) is 21.6 Å². The summed E-state index contributed by atoms with van der Waals surface area (Å²) in [7, 11) is -3.88. The molecule has 0 amide bonds. The molecule has 2 aliphatic rings. The maximum atomic E-state index is 13.5. The number of nitrogens with one attached hydrogen (secondary N) is 1. The summed E-state index contributed by atoms with van der Waals surface area (Å²) in [6.07, 6.45) is 2.88. The third-order valence-electron chi connectivity index (χ3n) is 6.58. The van der Waals surface area contributed by atoms with Gasteiger partial charge in [0.15, 0.2) is 0 Å². The number of fused-ring (bicyclic) bond motifs is 1. The van der Waals surface area contributed by atoms with Crippen molar-refractivity contribution >= 4 is 26.7 Å². The van der Waals surface area contributed by atoms with E-state index in [1.165, 1.54) is 36.9 Å². The summed E-state index contributed by atoms with van der Waals surface area (Å²) < 4.78 is 77.9. The number of rotatable bonds is 7. The summed E-state index contributed by atoms with van der Waals surface area (Å²) in [5.41, 5.74) is 1.59. The highest BCUT2D eigenvalue weighted by Crippen LogP contribution is 2.40. The molecule has 3 heterocycles. The Kier molecular flexibility index (Phi) is 7.00. The van der Waals surface area contributed by atoms with E-state index in [1.54, 1.807) is 18.2 Å². The lowest BCUT2D eigenvalue weighted by atomic mass is 9.85. The highest BCUT2D eigenvalue weighted by Gasteiger charge is 2.35. The molecule has 0 aliphatic carbocycles. The fourth-order valence-corrected chi connectivity index (χ4v) is 6.40. The van der Waals surface area contributed by atoms with E-state index < -0.39 is 22.4 Å². The number of aromatic nitrogens is 2. The van der Waals surface area contributed by atoms with Gasteiger partial charge in [-0.05, 0) is 49.2 Å². The first-order valence-electron chi connectivity index (χ1n) is 11.3. The minimum atomic E-state index is -3.88. The summed E-state index contributed by atoms with van der Waals surface area (Å²) >= 11 is 0.927. The standard InChI is InChI=1S/C24H23F3N4O3S2/c25-18-3-1-15(2-4-18)21-11-16(23(26)27)7-9-31(21)13-17-8-10-34-22-12-19(5-6-20(17)22)36(32,33)30-24-28-14-29-35-24/h1-6,8,10,12,14,16-17,21,23H,7,9,11,13H2,(H,28,29,30)/t16-,17+,21+/m1/s1. The van der Waals surface area contributed by atoms with Crippen LogP contribution in [-0.4, -0.2) is 42.2 Å². The van der Waals surface area contributed by atoms with Gasteiger partial charge in [-0.1, -0.05) is 18.2 Å². The first-order chi connectivity index (χ1) is 17.3. The molecule has 0 spiro atoms. The Labute approximate surface area is 210 Å². The quantitative estimate of drug-likeness (QED) is 0.448. The Bertz CT molecular complexity index is 1340. The van der Waals surface area contributed by atoms with Crippen molar-refractivity contribution in [3.05, 3.63) is 78.1 Å². The highest BCUT2D eigenvalue weighted by molar-refractivity contribution is 7.93. The molecule has 0 unspecified atom stereocenters. The summed E-state index contributed by atoms with van der Waals surface area (Å²) in [5.74, 6) is -0.836. The molecule has 0 radical (unpaired) electrons. The maximum absolute atomic E-state index is 13.5. The van der Waals surface area contributed by atoms with Crippen LogP contribution in [-0.2, 0) is 10.0 Å². The molecule has 2 aromatic carbocycles. The number of ether oxygens (including phenoxy) is 1. The van der Waals surface area contributed by atoms with Crippen LogP contribution in [0.5, 0.6) is 5.75 Å². The molecule has 5 rings (SSSR count). The Morgan fingerprint density at radius 1 is 1.19 bits per heavy atom. The first-order valence-corrected chi connectivity index (χ1v) is 13.6. The lowest BCUT2D eigenvalue weighted by Gasteiger charge is -2.41. The van der Waals surface area contributed by atoms with Gasteiger partial charge in [0.05, 0.1) is 11.2 Å². The summed E-state index contributed by atoms with van der Waals surface area (Å²) in [4.78, 5) is 6.00. The number of hydrogen-bond acceptors (Lipinski definition) is 7. The average molecular weight is 537 g/mol. The second-order valence-electron chi connectivity index (χ2n) is 8.79. The lowest BCUT2D eigenvalue weighted by molar-refractivity contribution is 0.00913. The predicted molar refractivity (Wildman–Crippen MR) is 129 cm³/mol. The largest absolute Gasteiger partial charge is 0.465 e. The predicted octanol–water partition coefficient (Wildman–Crippen LogP) is 5.19. The number of likely N-dealkylation sites (tertiary alicyclic amines) is 1. The van der Waals surface area contributed by atoms with Crippen LogP contribution >= 0.6 is 11.5 Å². The zero-order chi connectivity index (χ0) is 25.3. The molecular weight excluding hydrogens is 513 g/mol. The number of hydrogen-bond donors (Lipinski definition) is 1. The molecule has 0 bridgehead atoms. The van der Waals surface area contributed by atoms with Crippen LogP contribution in [0.2, 0.25) is 0 Å². The summed E-state index contributed by atoms with van der Waals surface area (Å²) in [6.45, 7) is 0.982. The van der Waals surface area contributed by atoms with Gasteiger partial charge in [-0.2, -0.15) is 4.37 Å². The van der Waals surface area contributed by atoms with E-state index in [0.29, 0.717) is 25.3 Å². The molecular formula is C24H23F3N4O3S2. The van der Waals surface area contributed by atoms with Gasteiger partial charge in [-0.15, -0.1) is 0 Å². The maximum Gasteiger partial charge on any atom is 0.263 e. The van der Waals surface area contributed by atoms with Gasteiger partial charge >= 0.3 is 0 Å². The van der Waals surface area contributed by atoms with Crippen LogP contribution < -0.4 is 9.46 Å². The van der Waals surface area contributed by atoms with Crippen LogP contribution in [0.15, 0.2) is 66.0 Å². The van der Waals surface area contributed by atoms with Crippen LogP contribution in [0.1, 0.15) is 35.9 Å². The molecule has 2 aliphatic heterocycles. The Morgan fingerprint density at radius 2 is 2.00 bits per heavy atom. The van der Waals surface area contributed by atoms with E-state index in [2.05, 4.69) is 19.0 Å². The normalized spacial score (nSPS) is 22.3. The molecule has 3 aromatic rings. The lowest BCUT2D eigenvalue weighted by Crippen LogP contribution is -2.41. The van der Waals surface area contributed by atoms with Crippen LogP contribution in [0.3, 0.4) is 0 Å². The number of piperidine rings is 1. The molecule has 3 atom stereocenters. The molecule has 1 aromatic heterocycles. The van der Waals surface area contributed by atoms with Crippen molar-refractivity contribution in [2.24, 2.45) is 5.92 Å². The highest BCUT2D eigenvalue weighted by atomic mass is 32.2. The van der Waals surface area contributed by atoms with Crippen molar-refractivity contribution in [3.8, 4) is 5.75 Å². The van der Waals surface area contributed by atoms with Gasteiger partial charge in [0.2, 0.25) is 11.6 Å². The second kappa shape index (κ2) is 10.2. The Hall–Kier alpha value is -2.96. The minimum absolute atomic E-state index is 0.0208. The SMILES string of the molecule is O=S(=O)(Nc1ncns1)c1ccc2c(c1)OC=C[C@H]2CN1CC[C@@H](C(F)F)C[C@H]1c1ccc(F)cc1. The van der Waals surface area contributed by atoms with E-state index in [4.69, 9.17) is 4.74 Å². The molecule has 1 fully saturated rings. The zero-order valence-corrected chi connectivity index (χ0v) is 20.6. The fraction of sp³-hybridized carbons (Fsp3) is 0.333. The molecule has 36 heavy (non-hydrogen) atoms. The number of anilines is 1. The smallest absolute Gasteiger partial charge is 0.263 e. The number of halogens is 3. The topological polar surface area (TPSA) is 84.4 Å². The minimum Gasteiger partial charge on any atom is -0.465 e. The molecule has 0 saturated carbocycles. The van der Waals surface area contributed by atoms with Crippen molar-refractivity contribution < 1.29 is 26.3 Å². The molecule has 7 nitrogen and oxygen atoms in total. The first kappa shape index (κ1) is 24.7. The van der Waals surface area contributed by atoms with E-state index in [-0.39, 0.29) is 34.2 Å². The zero-order valence-electron chi connectivity index (χ0n) is 18.9. The van der Waals surface area contributed by atoms with E-state index in [0.717, 1.165) is 22.7 Å². The number of nitrogens with zero attached hydrogens (tertiary/aromatic N) is 3. The van der Waals surface area contributed by atoms with Crippen molar-refractivity contribution in [2.45, 2.75) is 36.1 Å². The van der Waals surface area contributed by atoms with E-state index in [1.807, 2.05) is 6.08 Å². The average Bonchev–Trinajstić information content (AvgIpc) is 3.37. The molecule has 190 valence electrons. The van der Waals surface area contributed by atoms with Gasteiger partial charge in [-0.3, -0.25) is 9.62 Å². The summed E-state index contributed by atoms with van der Waals surface area (Å²) in [5, 5.41) is 0.158. The van der Waals surface area contributed by atoms with Crippen molar-refractivity contribution in [2.75, 3.05) is 17.8 Å². The Morgan fingerprint density at radius 3 is 2.72 bits per heavy atom. The van der Waals surface area contributed by atoms with Crippen molar-refractivity contribution in [3.63, 3.8) is 0 Å². The third-order valence-corrected chi connectivity index (χ3v) is 8.63. The van der Waals surface area contributed by atoms with E-state index >= 15 is 0 Å². The van der Waals surface area contributed by atoms with Gasteiger partial charge in [-0.25, -0.2) is 26.6 Å². The van der Waals surface area contributed by atoms with Crippen molar-refractivity contribution in [1.82, 2.24) is 14.3 Å². The molecule has 1 saturated heterocycles. The van der Waals surface area contributed by atoms with Gasteiger partial charge in [0.25, 0.3) is 10.0 Å². The monoisotopic (exact) mass is 536 g/mol. The number of benzene rings is 2. The van der Waals surface area contributed by atoms with Crippen LogP contribution in [0.25, 0.3) is 0 Å². The molecule has 1 N–H and O–H groups in total. The fourth-order valence-electron chi connectivity index (χ4n) is 4.73. The Balaban J connectivity index is 1.38.